The maximum atomic E-state index is 13.1. The van der Waals surface area contributed by atoms with E-state index in [1.165, 1.54) is 18.2 Å². The molecule has 4 rings (SSSR count). The Balaban J connectivity index is 1.20. The van der Waals surface area contributed by atoms with Crippen LogP contribution in [0, 0.1) is 5.92 Å². The summed E-state index contributed by atoms with van der Waals surface area (Å²) in [5.74, 6) is -0.213. The Morgan fingerprint density at radius 2 is 1.47 bits per heavy atom. The molecule has 3 N–H and O–H groups in total. The zero-order valence-electron chi connectivity index (χ0n) is 24.2. The second-order valence-corrected chi connectivity index (χ2v) is 10.6. The lowest BCUT2D eigenvalue weighted by Gasteiger charge is -2.27. The van der Waals surface area contributed by atoms with E-state index >= 15 is 0 Å². The minimum absolute atomic E-state index is 0.0431. The number of carbonyl (C=O) groups is 3. The molecule has 0 radical (unpaired) electrons. The van der Waals surface area contributed by atoms with Crippen LogP contribution in [0.1, 0.15) is 72.1 Å². The molecule has 0 aliphatic heterocycles. The summed E-state index contributed by atoms with van der Waals surface area (Å²) in [5.41, 5.74) is 0.0454. The van der Waals surface area contributed by atoms with E-state index in [-0.39, 0.29) is 36.1 Å². The molecule has 1 saturated carbocycles. The lowest BCUT2D eigenvalue weighted by atomic mass is 9.85. The molecule has 10 nitrogen and oxygen atoms in total. The number of benzene rings is 2. The number of carbonyl (C=O) groups excluding carboxylic acids is 1. The van der Waals surface area contributed by atoms with E-state index in [4.69, 9.17) is 18.9 Å². The molecule has 0 heterocycles. The summed E-state index contributed by atoms with van der Waals surface area (Å²) in [6, 6.07) is 13.5. The van der Waals surface area contributed by atoms with Gasteiger partial charge in [-0.15, -0.1) is 0 Å². The molecule has 10 heteroatoms. The van der Waals surface area contributed by atoms with Crippen LogP contribution in [0.4, 0.5) is 0 Å². The van der Waals surface area contributed by atoms with Crippen LogP contribution in [0.2, 0.25) is 0 Å². The number of nitrogens with one attached hydrogen (secondary N) is 1. The number of aliphatic carboxylic acids is 1. The van der Waals surface area contributed by atoms with E-state index in [9.17, 15) is 24.6 Å². The summed E-state index contributed by atoms with van der Waals surface area (Å²) in [4.78, 5) is 36.0. The molecule has 2 aliphatic rings. The molecule has 0 saturated heterocycles. The molecule has 1 amide bonds. The van der Waals surface area contributed by atoms with Gasteiger partial charge in [-0.25, -0.2) is 4.79 Å². The van der Waals surface area contributed by atoms with Crippen molar-refractivity contribution < 1.29 is 43.5 Å². The summed E-state index contributed by atoms with van der Waals surface area (Å²) in [6.45, 7) is 1.66. The second kappa shape index (κ2) is 16.2. The van der Waals surface area contributed by atoms with Crippen LogP contribution in [0.15, 0.2) is 72.2 Å². The highest BCUT2D eigenvalue weighted by Gasteiger charge is 2.29. The third kappa shape index (κ3) is 10.1. The summed E-state index contributed by atoms with van der Waals surface area (Å²) >= 11 is 0. The van der Waals surface area contributed by atoms with Crippen molar-refractivity contribution in [3.8, 4) is 11.5 Å². The molecule has 2 unspecified atom stereocenters. The van der Waals surface area contributed by atoms with E-state index < -0.39 is 23.8 Å². The van der Waals surface area contributed by atoms with Crippen molar-refractivity contribution in [1.82, 2.24) is 5.32 Å². The Morgan fingerprint density at radius 3 is 2.14 bits per heavy atom. The normalized spacial score (nSPS) is 18.0. The monoisotopic (exact) mass is 593 g/mol. The Labute approximate surface area is 251 Å². The molecule has 2 aromatic rings. The smallest absolute Gasteiger partial charge is 0.335 e. The number of carboxylic acid groups (broad SMARTS) is 2. The van der Waals surface area contributed by atoms with Gasteiger partial charge in [0.1, 0.15) is 24.7 Å². The van der Waals surface area contributed by atoms with Crippen molar-refractivity contribution in [1.29, 1.82) is 0 Å². The number of carboxylic acids is 2. The predicted octanol–water partition coefficient (Wildman–Crippen LogP) is 5.59. The molecule has 43 heavy (non-hydrogen) atoms. The quantitative estimate of drug-likeness (QED) is 0.212. The maximum Gasteiger partial charge on any atom is 0.335 e. The Hall–Kier alpha value is -4.47. The standard InChI is InChI=1S/C33H39NO9/c35-31(34-25-8-6-7-23(21-25)32(36)37)29-22-24(33(38)39)11-16-30(29)43-20-19-42-28-14-12-27(13-15-28)41-18-5-4-17-40-26-9-2-1-3-10-26/h1-3,9-12,14,16,22-23,25H,4-8,13,15,17-21H2,(H,34,35)(H,36,37)(H,38,39). The van der Waals surface area contributed by atoms with E-state index in [1.807, 2.05) is 42.5 Å². The van der Waals surface area contributed by atoms with Gasteiger partial charge in [0.2, 0.25) is 0 Å². The van der Waals surface area contributed by atoms with Gasteiger partial charge >= 0.3 is 11.9 Å². The van der Waals surface area contributed by atoms with Gasteiger partial charge in [0.05, 0.1) is 41.8 Å². The van der Waals surface area contributed by atoms with Crippen molar-refractivity contribution >= 4 is 17.8 Å². The van der Waals surface area contributed by atoms with Crippen LogP contribution in [0.25, 0.3) is 0 Å². The number of amides is 1. The van der Waals surface area contributed by atoms with Gasteiger partial charge in [-0.05, 0) is 74.6 Å². The van der Waals surface area contributed by atoms with E-state index in [2.05, 4.69) is 5.32 Å². The van der Waals surface area contributed by atoms with Crippen LogP contribution >= 0.6 is 0 Å². The predicted molar refractivity (Wildman–Crippen MR) is 158 cm³/mol. The number of para-hydroxylation sites is 1. The largest absolute Gasteiger partial charge is 0.498 e. The van der Waals surface area contributed by atoms with Crippen molar-refractivity contribution in [3.05, 3.63) is 83.3 Å². The van der Waals surface area contributed by atoms with Crippen molar-refractivity contribution in [2.24, 2.45) is 5.92 Å². The maximum absolute atomic E-state index is 13.1. The number of unbranched alkanes of at least 4 members (excludes halogenated alkanes) is 1. The van der Waals surface area contributed by atoms with Crippen LogP contribution in [0.5, 0.6) is 11.5 Å². The molecule has 2 aromatic carbocycles. The van der Waals surface area contributed by atoms with Gasteiger partial charge in [-0.2, -0.15) is 0 Å². The average Bonchev–Trinajstić information content (AvgIpc) is 3.02. The molecular formula is C33H39NO9. The SMILES string of the molecule is O=C(O)c1ccc(OCCOC2=CC=C(OCCCCOc3ccccc3)CC2)c(C(=O)NC2CCCC(C(=O)O)C2)c1. The first-order valence-corrected chi connectivity index (χ1v) is 14.8. The lowest BCUT2D eigenvalue weighted by molar-refractivity contribution is -0.143. The van der Waals surface area contributed by atoms with Crippen LogP contribution in [0.3, 0.4) is 0 Å². The van der Waals surface area contributed by atoms with Gasteiger partial charge in [0, 0.05) is 18.9 Å². The Kier molecular flexibility index (Phi) is 11.9. The fourth-order valence-corrected chi connectivity index (χ4v) is 5.05. The molecular weight excluding hydrogens is 554 g/mol. The topological polar surface area (TPSA) is 141 Å². The number of ether oxygens (including phenoxy) is 4. The van der Waals surface area contributed by atoms with Gasteiger partial charge in [0.25, 0.3) is 5.91 Å². The van der Waals surface area contributed by atoms with Gasteiger partial charge in [0.15, 0.2) is 0 Å². The summed E-state index contributed by atoms with van der Waals surface area (Å²) < 4.78 is 23.2. The fraction of sp³-hybridized carbons (Fsp3) is 0.424. The molecule has 0 aromatic heterocycles. The highest BCUT2D eigenvalue weighted by Crippen LogP contribution is 2.27. The van der Waals surface area contributed by atoms with E-state index in [0.717, 1.165) is 36.5 Å². The van der Waals surface area contributed by atoms with E-state index in [1.54, 1.807) is 0 Å². The summed E-state index contributed by atoms with van der Waals surface area (Å²) in [5, 5.41) is 21.6. The van der Waals surface area contributed by atoms with Crippen LogP contribution in [-0.4, -0.2) is 60.5 Å². The number of allylic oxidation sites excluding steroid dienone is 4. The minimum atomic E-state index is -1.16. The third-order valence-corrected chi connectivity index (χ3v) is 7.37. The van der Waals surface area contributed by atoms with Crippen LogP contribution in [-0.2, 0) is 14.3 Å². The number of hydrogen-bond acceptors (Lipinski definition) is 7. The Bertz CT molecular complexity index is 1300. The molecule has 1 fully saturated rings. The minimum Gasteiger partial charge on any atom is -0.498 e. The highest BCUT2D eigenvalue weighted by atomic mass is 16.5. The molecule has 0 bridgehead atoms. The molecule has 2 atom stereocenters. The average molecular weight is 594 g/mol. The zero-order valence-corrected chi connectivity index (χ0v) is 24.2. The molecule has 0 spiro atoms. The summed E-state index contributed by atoms with van der Waals surface area (Å²) in [7, 11) is 0. The molecule has 2 aliphatic carbocycles. The second-order valence-electron chi connectivity index (χ2n) is 10.6. The Morgan fingerprint density at radius 1 is 0.791 bits per heavy atom. The first-order valence-electron chi connectivity index (χ1n) is 14.8. The first-order chi connectivity index (χ1) is 20.9. The zero-order chi connectivity index (χ0) is 30.4. The third-order valence-electron chi connectivity index (χ3n) is 7.37. The van der Waals surface area contributed by atoms with Crippen molar-refractivity contribution in [3.63, 3.8) is 0 Å². The van der Waals surface area contributed by atoms with Crippen molar-refractivity contribution in [2.75, 3.05) is 26.4 Å². The van der Waals surface area contributed by atoms with E-state index in [0.29, 0.717) is 45.3 Å². The van der Waals surface area contributed by atoms with Gasteiger partial charge < -0.3 is 34.5 Å². The van der Waals surface area contributed by atoms with Crippen molar-refractivity contribution in [2.45, 2.75) is 57.4 Å². The number of aromatic carboxylic acids is 1. The summed E-state index contributed by atoms with van der Waals surface area (Å²) in [6.07, 6.45) is 9.30. The highest BCUT2D eigenvalue weighted by molar-refractivity contribution is 6.00. The molecule has 230 valence electrons. The lowest BCUT2D eigenvalue weighted by Crippen LogP contribution is -2.40. The van der Waals surface area contributed by atoms with Gasteiger partial charge in [-0.3, -0.25) is 9.59 Å². The fourth-order valence-electron chi connectivity index (χ4n) is 5.05. The number of hydrogen-bond donors (Lipinski definition) is 3. The number of rotatable bonds is 16. The van der Waals surface area contributed by atoms with Gasteiger partial charge in [-0.1, -0.05) is 24.6 Å². The first kappa shape index (κ1) is 31.5. The van der Waals surface area contributed by atoms with Crippen LogP contribution < -0.4 is 14.8 Å².